The SMILES string of the molecule is COC(=O)C1CN(C2CCCCCCC2)CCC1=O. The van der Waals surface area contributed by atoms with Crippen LogP contribution in [-0.4, -0.2) is 42.9 Å². The summed E-state index contributed by atoms with van der Waals surface area (Å²) in [5.41, 5.74) is 0. The number of ketones is 1. The number of nitrogens with zero attached hydrogens (tertiary/aromatic N) is 1. The molecule has 4 heteroatoms. The molecule has 1 unspecified atom stereocenters. The van der Waals surface area contributed by atoms with Crippen molar-refractivity contribution < 1.29 is 14.3 Å². The van der Waals surface area contributed by atoms with E-state index in [-0.39, 0.29) is 11.8 Å². The molecule has 19 heavy (non-hydrogen) atoms. The Balaban J connectivity index is 1.95. The first-order chi connectivity index (χ1) is 9.22. The summed E-state index contributed by atoms with van der Waals surface area (Å²) >= 11 is 0. The second-order valence-electron chi connectivity index (χ2n) is 5.79. The molecule has 0 aromatic rings. The zero-order valence-electron chi connectivity index (χ0n) is 11.9. The molecule has 4 nitrogen and oxygen atoms in total. The molecule has 1 saturated carbocycles. The molecule has 0 amide bonds. The third-order valence-corrected chi connectivity index (χ3v) is 4.53. The highest BCUT2D eigenvalue weighted by Gasteiger charge is 2.35. The highest BCUT2D eigenvalue weighted by Crippen LogP contribution is 2.25. The smallest absolute Gasteiger partial charge is 0.317 e. The van der Waals surface area contributed by atoms with Crippen LogP contribution in [-0.2, 0) is 14.3 Å². The van der Waals surface area contributed by atoms with Crippen LogP contribution in [0.3, 0.4) is 0 Å². The van der Waals surface area contributed by atoms with Gasteiger partial charge in [-0.05, 0) is 12.8 Å². The molecule has 1 aliphatic heterocycles. The van der Waals surface area contributed by atoms with Crippen LogP contribution in [0.5, 0.6) is 0 Å². The maximum absolute atomic E-state index is 11.8. The minimum atomic E-state index is -0.552. The van der Waals surface area contributed by atoms with Gasteiger partial charge < -0.3 is 4.74 Å². The Morgan fingerprint density at radius 2 is 1.79 bits per heavy atom. The lowest BCUT2D eigenvalue weighted by atomic mass is 9.91. The van der Waals surface area contributed by atoms with Gasteiger partial charge in [-0.1, -0.05) is 32.1 Å². The summed E-state index contributed by atoms with van der Waals surface area (Å²) < 4.78 is 4.75. The van der Waals surface area contributed by atoms with Crippen LogP contribution in [0, 0.1) is 5.92 Å². The van der Waals surface area contributed by atoms with E-state index in [2.05, 4.69) is 4.90 Å². The van der Waals surface area contributed by atoms with Crippen LogP contribution < -0.4 is 0 Å². The molecule has 2 aliphatic rings. The fraction of sp³-hybridized carbons (Fsp3) is 0.867. The zero-order chi connectivity index (χ0) is 13.7. The number of ether oxygens (including phenoxy) is 1. The molecule has 1 atom stereocenters. The summed E-state index contributed by atoms with van der Waals surface area (Å²) in [6.07, 6.45) is 9.47. The Labute approximate surface area is 115 Å². The van der Waals surface area contributed by atoms with Gasteiger partial charge in [-0.2, -0.15) is 0 Å². The fourth-order valence-corrected chi connectivity index (χ4v) is 3.34. The standard InChI is InChI=1S/C15H25NO3/c1-19-15(18)13-11-16(10-9-14(13)17)12-7-5-3-2-4-6-8-12/h12-13H,2-11H2,1H3. The lowest BCUT2D eigenvalue weighted by molar-refractivity contribution is -0.152. The van der Waals surface area contributed by atoms with E-state index in [1.165, 1.54) is 52.1 Å². The van der Waals surface area contributed by atoms with Crippen LogP contribution in [0.2, 0.25) is 0 Å². The lowest BCUT2D eigenvalue weighted by Gasteiger charge is -2.37. The van der Waals surface area contributed by atoms with Gasteiger partial charge in [0, 0.05) is 25.6 Å². The fourth-order valence-electron chi connectivity index (χ4n) is 3.34. The number of methoxy groups -OCH3 is 1. The van der Waals surface area contributed by atoms with Crippen LogP contribution in [0.25, 0.3) is 0 Å². The number of carbonyl (C=O) groups excluding carboxylic acids is 2. The molecule has 108 valence electrons. The second-order valence-corrected chi connectivity index (χ2v) is 5.79. The average molecular weight is 267 g/mol. The molecule has 0 radical (unpaired) electrons. The third-order valence-electron chi connectivity index (χ3n) is 4.53. The van der Waals surface area contributed by atoms with Gasteiger partial charge in [0.15, 0.2) is 0 Å². The van der Waals surface area contributed by atoms with Crippen LogP contribution in [0.4, 0.5) is 0 Å². The number of piperidine rings is 1. The molecule has 0 N–H and O–H groups in total. The van der Waals surface area contributed by atoms with Crippen LogP contribution in [0.15, 0.2) is 0 Å². The van der Waals surface area contributed by atoms with Gasteiger partial charge in [0.1, 0.15) is 11.7 Å². The van der Waals surface area contributed by atoms with Gasteiger partial charge in [-0.15, -0.1) is 0 Å². The van der Waals surface area contributed by atoms with Crippen molar-refractivity contribution in [3.63, 3.8) is 0 Å². The molecule has 2 fully saturated rings. The predicted molar refractivity (Wildman–Crippen MR) is 72.8 cm³/mol. The first-order valence-corrected chi connectivity index (χ1v) is 7.57. The highest BCUT2D eigenvalue weighted by molar-refractivity contribution is 5.99. The molecule has 0 aromatic carbocycles. The Kier molecular flexibility index (Phi) is 5.37. The van der Waals surface area contributed by atoms with Crippen molar-refractivity contribution in [1.29, 1.82) is 0 Å². The number of hydrogen-bond acceptors (Lipinski definition) is 4. The molecule has 0 aromatic heterocycles. The van der Waals surface area contributed by atoms with Gasteiger partial charge in [-0.3, -0.25) is 14.5 Å². The van der Waals surface area contributed by atoms with Crippen molar-refractivity contribution in [3.05, 3.63) is 0 Å². The monoisotopic (exact) mass is 267 g/mol. The van der Waals surface area contributed by atoms with Crippen molar-refractivity contribution in [2.24, 2.45) is 5.92 Å². The number of hydrogen-bond donors (Lipinski definition) is 0. The number of rotatable bonds is 2. The molecule has 0 bridgehead atoms. The number of likely N-dealkylation sites (tertiary alicyclic amines) is 1. The number of esters is 1. The molecule has 1 saturated heterocycles. The Hall–Kier alpha value is -0.900. The van der Waals surface area contributed by atoms with Crippen molar-refractivity contribution >= 4 is 11.8 Å². The number of Topliss-reactive ketones (excluding diaryl/α,β-unsaturated/α-hetero) is 1. The van der Waals surface area contributed by atoms with E-state index >= 15 is 0 Å². The minimum absolute atomic E-state index is 0.0499. The van der Waals surface area contributed by atoms with Crippen molar-refractivity contribution in [3.8, 4) is 0 Å². The highest BCUT2D eigenvalue weighted by atomic mass is 16.5. The quantitative estimate of drug-likeness (QED) is 0.568. The van der Waals surface area contributed by atoms with E-state index in [4.69, 9.17) is 4.74 Å². The normalized spacial score (nSPS) is 27.6. The van der Waals surface area contributed by atoms with Crippen molar-refractivity contribution in [1.82, 2.24) is 4.90 Å². The lowest BCUT2D eigenvalue weighted by Crippen LogP contribution is -2.49. The summed E-state index contributed by atoms with van der Waals surface area (Å²) in [5.74, 6) is -0.862. The van der Waals surface area contributed by atoms with Gasteiger partial charge in [0.2, 0.25) is 0 Å². The molecular formula is C15H25NO3. The molecule has 1 aliphatic carbocycles. The molecular weight excluding hydrogens is 242 g/mol. The van der Waals surface area contributed by atoms with Gasteiger partial charge in [0.25, 0.3) is 0 Å². The van der Waals surface area contributed by atoms with E-state index in [1.807, 2.05) is 0 Å². The predicted octanol–water partition coefficient (Wildman–Crippen LogP) is 2.16. The second kappa shape index (κ2) is 7.04. The summed E-state index contributed by atoms with van der Waals surface area (Å²) in [6, 6.07) is 0.556. The van der Waals surface area contributed by atoms with Gasteiger partial charge in [-0.25, -0.2) is 0 Å². The molecule has 1 heterocycles. The van der Waals surface area contributed by atoms with Crippen LogP contribution >= 0.6 is 0 Å². The third kappa shape index (κ3) is 3.78. The van der Waals surface area contributed by atoms with E-state index in [1.54, 1.807) is 0 Å². The maximum Gasteiger partial charge on any atom is 0.317 e. The average Bonchev–Trinajstić information content (AvgIpc) is 2.38. The Bertz CT molecular complexity index is 313. The van der Waals surface area contributed by atoms with Crippen LogP contribution in [0.1, 0.15) is 51.4 Å². The van der Waals surface area contributed by atoms with E-state index < -0.39 is 5.92 Å². The maximum atomic E-state index is 11.8. The van der Waals surface area contributed by atoms with E-state index in [0.717, 1.165) is 6.54 Å². The first kappa shape index (κ1) is 14.5. The first-order valence-electron chi connectivity index (χ1n) is 7.57. The Morgan fingerprint density at radius 3 is 2.42 bits per heavy atom. The Morgan fingerprint density at radius 1 is 1.16 bits per heavy atom. The summed E-state index contributed by atoms with van der Waals surface area (Å²) in [7, 11) is 1.37. The van der Waals surface area contributed by atoms with E-state index in [0.29, 0.717) is 19.0 Å². The summed E-state index contributed by atoms with van der Waals surface area (Å²) in [6.45, 7) is 1.38. The summed E-state index contributed by atoms with van der Waals surface area (Å²) in [4.78, 5) is 25.8. The van der Waals surface area contributed by atoms with Crippen molar-refractivity contribution in [2.45, 2.75) is 57.4 Å². The van der Waals surface area contributed by atoms with Gasteiger partial charge >= 0.3 is 5.97 Å². The number of carbonyl (C=O) groups is 2. The summed E-state index contributed by atoms with van der Waals surface area (Å²) in [5, 5.41) is 0. The largest absolute Gasteiger partial charge is 0.468 e. The molecule has 2 rings (SSSR count). The van der Waals surface area contributed by atoms with Crippen molar-refractivity contribution in [2.75, 3.05) is 20.2 Å². The minimum Gasteiger partial charge on any atom is -0.468 e. The topological polar surface area (TPSA) is 46.6 Å². The van der Waals surface area contributed by atoms with E-state index in [9.17, 15) is 9.59 Å². The zero-order valence-corrected chi connectivity index (χ0v) is 11.9. The van der Waals surface area contributed by atoms with Gasteiger partial charge in [0.05, 0.1) is 7.11 Å². The molecule has 0 spiro atoms.